The molecule has 0 aromatic carbocycles. The number of aromatic nitrogens is 5. The lowest BCUT2D eigenvalue weighted by atomic mass is 9.90. The molecular weight excluding hydrogens is 628 g/mol. The Balaban J connectivity index is 1.14. The molecule has 1 fully saturated rings. The first-order valence-corrected chi connectivity index (χ1v) is 16.0. The van der Waals surface area contributed by atoms with Gasteiger partial charge in [-0.25, -0.2) is 24.1 Å². The topological polar surface area (TPSA) is 289 Å². The van der Waals surface area contributed by atoms with E-state index in [2.05, 4.69) is 19.3 Å². The van der Waals surface area contributed by atoms with Crippen molar-refractivity contribution in [3.05, 3.63) is 54.9 Å². The minimum atomic E-state index is -5.27. The monoisotopic (exact) mass is 658 g/mol. The van der Waals surface area contributed by atoms with E-state index in [1.54, 1.807) is 29.0 Å². The Bertz CT molecular complexity index is 1660. The lowest BCUT2D eigenvalue weighted by molar-refractivity contribution is -0.714. The van der Waals surface area contributed by atoms with E-state index in [4.69, 9.17) is 25.3 Å². The standard InChI is InChI=1S/C23H29N7O12P2/c24-20-17-22(27-10-26-20)30(11-28-17)23-19(33)18(32)16(41-23)9-40-44(37,38)42-43(35,36)39-8-13-3-4-14(6-15(13)31)29-5-1-2-12(7-29)21(25)34/h1-5,7,10-11,13-16,18-19,23,31-33H,6,8-9H2,(H5-,24,25,26,27,34,35,36,37,38)/p+1/t13-,14-,15+,16-,18-,19-,23-/m1/s1. The molecular formula is C23H30N7O12P2+. The number of hydrogen-bond acceptors (Lipinski definition) is 14. The number of nitrogens with two attached hydrogens (primary N) is 2. The molecule has 2 unspecified atom stereocenters. The molecule has 9 atom stereocenters. The first-order valence-electron chi connectivity index (χ1n) is 13.0. The number of hydrogen-bond donors (Lipinski definition) is 7. The van der Waals surface area contributed by atoms with E-state index in [-0.39, 0.29) is 35.0 Å². The number of phosphoric ester groups is 2. The number of rotatable bonds is 11. The molecule has 44 heavy (non-hydrogen) atoms. The molecule has 19 nitrogen and oxygen atoms in total. The van der Waals surface area contributed by atoms with Gasteiger partial charge in [-0.3, -0.25) is 18.4 Å². The van der Waals surface area contributed by atoms with E-state index in [0.717, 1.165) is 6.33 Å². The highest BCUT2D eigenvalue weighted by Crippen LogP contribution is 2.60. The zero-order chi connectivity index (χ0) is 31.8. The summed E-state index contributed by atoms with van der Waals surface area (Å²) in [4.78, 5) is 43.4. The number of allylic oxidation sites excluding steroid dienone is 1. The molecule has 5 rings (SSSR count). The van der Waals surface area contributed by atoms with Crippen LogP contribution in [0.4, 0.5) is 5.82 Å². The van der Waals surface area contributed by atoms with Gasteiger partial charge in [0.05, 0.1) is 25.6 Å². The van der Waals surface area contributed by atoms with Crippen LogP contribution in [0, 0.1) is 5.92 Å². The molecule has 0 radical (unpaired) electrons. The maximum Gasteiger partial charge on any atom is 0.481 e. The van der Waals surface area contributed by atoms with Crippen LogP contribution in [0.25, 0.3) is 11.2 Å². The summed E-state index contributed by atoms with van der Waals surface area (Å²) in [5.74, 6) is -1.33. The van der Waals surface area contributed by atoms with Crippen LogP contribution >= 0.6 is 15.6 Å². The maximum absolute atomic E-state index is 12.4. The number of nitrogen functional groups attached to an aromatic ring is 1. The summed E-state index contributed by atoms with van der Waals surface area (Å²) in [7, 11) is -10.5. The normalized spacial score (nSPS) is 29.8. The molecule has 1 aliphatic heterocycles. The Kier molecular flexibility index (Phi) is 9.27. The lowest BCUT2D eigenvalue weighted by Crippen LogP contribution is -2.43. The van der Waals surface area contributed by atoms with Crippen molar-refractivity contribution in [1.82, 2.24) is 19.5 Å². The number of nitrogens with zero attached hydrogens (tertiary/aromatic N) is 5. The third-order valence-electron chi connectivity index (χ3n) is 7.08. The quantitative estimate of drug-likeness (QED) is 0.0726. The van der Waals surface area contributed by atoms with Gasteiger partial charge in [0.2, 0.25) is 0 Å². The smallest absolute Gasteiger partial charge is 0.392 e. The Morgan fingerprint density at radius 3 is 2.52 bits per heavy atom. The lowest BCUT2D eigenvalue weighted by Gasteiger charge is -2.26. The molecule has 9 N–H and O–H groups in total. The van der Waals surface area contributed by atoms with Gasteiger partial charge in [-0.2, -0.15) is 8.88 Å². The summed E-state index contributed by atoms with van der Waals surface area (Å²) in [6, 6.07) is 2.81. The van der Waals surface area contributed by atoms with E-state index in [0.29, 0.717) is 0 Å². The number of ether oxygens (including phenoxy) is 1. The molecule has 1 saturated heterocycles. The molecule has 4 heterocycles. The average molecular weight is 658 g/mol. The van der Waals surface area contributed by atoms with E-state index < -0.39 is 71.3 Å². The molecule has 3 aromatic heterocycles. The van der Waals surface area contributed by atoms with Crippen LogP contribution in [0.5, 0.6) is 0 Å². The average Bonchev–Trinajstić information content (AvgIpc) is 3.52. The van der Waals surface area contributed by atoms with Crippen LogP contribution in [-0.4, -0.2) is 88.2 Å². The fourth-order valence-corrected chi connectivity index (χ4v) is 6.93. The number of imidazole rings is 1. The zero-order valence-corrected chi connectivity index (χ0v) is 24.4. The first kappa shape index (κ1) is 32.2. The number of phosphoric acid groups is 2. The minimum absolute atomic E-state index is 0.0697. The second-order valence-electron chi connectivity index (χ2n) is 10.1. The number of carbonyl (C=O) groups excluding carboxylic acids is 1. The van der Waals surface area contributed by atoms with Gasteiger partial charge in [-0.1, -0.05) is 6.08 Å². The fourth-order valence-electron chi connectivity index (χ4n) is 4.81. The van der Waals surface area contributed by atoms with Crippen molar-refractivity contribution in [1.29, 1.82) is 0 Å². The highest BCUT2D eigenvalue weighted by molar-refractivity contribution is 7.61. The zero-order valence-electron chi connectivity index (χ0n) is 22.7. The number of carbonyl (C=O) groups is 1. The van der Waals surface area contributed by atoms with Gasteiger partial charge in [0.1, 0.15) is 35.7 Å². The Morgan fingerprint density at radius 1 is 1.09 bits per heavy atom. The van der Waals surface area contributed by atoms with Crippen molar-refractivity contribution < 1.29 is 61.7 Å². The van der Waals surface area contributed by atoms with Gasteiger partial charge in [-0.05, 0) is 12.1 Å². The fraction of sp³-hybridized carbons (Fsp3) is 0.435. The summed E-state index contributed by atoms with van der Waals surface area (Å²) in [5.41, 5.74) is 11.7. The number of anilines is 1. The van der Waals surface area contributed by atoms with E-state index >= 15 is 0 Å². The van der Waals surface area contributed by atoms with Crippen molar-refractivity contribution in [3.63, 3.8) is 0 Å². The predicted molar refractivity (Wildman–Crippen MR) is 146 cm³/mol. The number of aliphatic hydroxyl groups excluding tert-OH is 3. The predicted octanol–water partition coefficient (Wildman–Crippen LogP) is -1.16. The molecule has 0 bridgehead atoms. The van der Waals surface area contributed by atoms with Crippen molar-refractivity contribution in [2.75, 3.05) is 18.9 Å². The van der Waals surface area contributed by atoms with E-state index in [9.17, 15) is 39.0 Å². The molecule has 238 valence electrons. The maximum atomic E-state index is 12.4. The van der Waals surface area contributed by atoms with Gasteiger partial charge < -0.3 is 41.3 Å². The Morgan fingerprint density at radius 2 is 1.82 bits per heavy atom. The summed E-state index contributed by atoms with van der Waals surface area (Å²) in [6.07, 6.45) is 2.14. The highest BCUT2D eigenvalue weighted by Gasteiger charge is 2.46. The summed E-state index contributed by atoms with van der Waals surface area (Å²) >= 11 is 0. The van der Waals surface area contributed by atoms with E-state index in [1.807, 2.05) is 0 Å². The van der Waals surface area contributed by atoms with Crippen LogP contribution in [0.1, 0.15) is 29.0 Å². The molecule has 0 spiro atoms. The summed E-state index contributed by atoms with van der Waals surface area (Å²) < 4.78 is 47.3. The minimum Gasteiger partial charge on any atom is -0.392 e. The first-order chi connectivity index (χ1) is 20.7. The number of fused-ring (bicyclic) bond motifs is 1. The van der Waals surface area contributed by atoms with Crippen LogP contribution in [0.3, 0.4) is 0 Å². The third-order valence-corrected chi connectivity index (χ3v) is 9.69. The molecule has 1 amide bonds. The van der Waals surface area contributed by atoms with Crippen LogP contribution in [0.15, 0.2) is 49.3 Å². The number of aliphatic hydroxyl groups is 3. The SMILES string of the molecule is NC(=O)c1ccc[n+]([C@@H]2C=C[C@H](COP(=O)(O)OP(=O)(O)OC[C@H]3O[C@@H](n4cnc5c(N)ncnc54)[C@H](O)[C@@H]3O)[C@@H](O)C2)c1. The van der Waals surface area contributed by atoms with Gasteiger partial charge in [0.25, 0.3) is 5.91 Å². The second kappa shape index (κ2) is 12.7. The largest absolute Gasteiger partial charge is 0.481 e. The van der Waals surface area contributed by atoms with Crippen molar-refractivity contribution in [2.45, 2.75) is 43.1 Å². The number of primary amides is 1. The molecule has 21 heteroatoms. The molecule has 3 aromatic rings. The van der Waals surface area contributed by atoms with Gasteiger partial charge >= 0.3 is 15.6 Å². The summed E-state index contributed by atoms with van der Waals surface area (Å²) in [6.45, 7) is -1.40. The van der Waals surface area contributed by atoms with Gasteiger partial charge in [-0.15, -0.1) is 0 Å². The van der Waals surface area contributed by atoms with Crippen LogP contribution < -0.4 is 16.0 Å². The Labute approximate surface area is 248 Å². The summed E-state index contributed by atoms with van der Waals surface area (Å²) in [5, 5.41) is 31.5. The van der Waals surface area contributed by atoms with Crippen LogP contribution in [-0.2, 0) is 27.2 Å². The highest BCUT2D eigenvalue weighted by atomic mass is 31.3. The number of amides is 1. The molecule has 2 aliphatic rings. The van der Waals surface area contributed by atoms with Crippen molar-refractivity contribution >= 4 is 38.5 Å². The third kappa shape index (κ3) is 7.03. The number of pyridine rings is 1. The molecule has 0 saturated carbocycles. The van der Waals surface area contributed by atoms with Gasteiger partial charge in [0.15, 0.2) is 36.1 Å². The second-order valence-corrected chi connectivity index (χ2v) is 13.1. The molecule has 1 aliphatic carbocycles. The Hall–Kier alpha value is -3.19. The van der Waals surface area contributed by atoms with Crippen molar-refractivity contribution in [3.8, 4) is 0 Å². The van der Waals surface area contributed by atoms with E-state index in [1.165, 1.54) is 23.2 Å². The van der Waals surface area contributed by atoms with Crippen LogP contribution in [0.2, 0.25) is 0 Å². The van der Waals surface area contributed by atoms with Gasteiger partial charge in [0, 0.05) is 18.4 Å². The van der Waals surface area contributed by atoms with Crippen molar-refractivity contribution in [2.24, 2.45) is 11.7 Å².